The average Bonchev–Trinajstić information content (AvgIpc) is 2.88. The molecule has 0 bridgehead atoms. The summed E-state index contributed by atoms with van der Waals surface area (Å²) in [6.45, 7) is 2.81. The summed E-state index contributed by atoms with van der Waals surface area (Å²) in [6, 6.07) is 0. The molecular formula is C10H11N3O3S. The van der Waals surface area contributed by atoms with Crippen LogP contribution in [0.1, 0.15) is 27.1 Å². The second-order valence-corrected chi connectivity index (χ2v) is 4.28. The number of oxazole rings is 1. The minimum Gasteiger partial charge on any atom is -0.476 e. The summed E-state index contributed by atoms with van der Waals surface area (Å²) in [4.78, 5) is 18.6. The molecule has 0 saturated heterocycles. The second kappa shape index (κ2) is 5.07. The fourth-order valence-corrected chi connectivity index (χ4v) is 1.92. The van der Waals surface area contributed by atoms with Gasteiger partial charge in [-0.05, 0) is 6.92 Å². The Morgan fingerprint density at radius 2 is 2.41 bits per heavy atom. The number of hydrogen-bond acceptors (Lipinski definition) is 6. The maximum atomic E-state index is 10.6. The van der Waals surface area contributed by atoms with E-state index in [1.807, 2.05) is 6.92 Å². The summed E-state index contributed by atoms with van der Waals surface area (Å²) in [7, 11) is 0. The Balaban J connectivity index is 1.83. The number of aromatic carboxylic acids is 1. The lowest BCUT2D eigenvalue weighted by molar-refractivity contribution is 0.0696. The van der Waals surface area contributed by atoms with E-state index in [2.05, 4.69) is 15.3 Å². The van der Waals surface area contributed by atoms with Gasteiger partial charge in [0.2, 0.25) is 10.9 Å². The third kappa shape index (κ3) is 3.11. The molecule has 0 saturated carbocycles. The molecule has 0 aliphatic heterocycles. The summed E-state index contributed by atoms with van der Waals surface area (Å²) in [5.74, 6) is 0.379. The van der Waals surface area contributed by atoms with Gasteiger partial charge in [-0.1, -0.05) is 0 Å². The van der Waals surface area contributed by atoms with Gasteiger partial charge in [-0.3, -0.25) is 0 Å². The van der Waals surface area contributed by atoms with Gasteiger partial charge in [-0.25, -0.2) is 14.8 Å². The van der Waals surface area contributed by atoms with Crippen LogP contribution in [0.3, 0.4) is 0 Å². The van der Waals surface area contributed by atoms with E-state index in [1.165, 1.54) is 0 Å². The third-order valence-corrected chi connectivity index (χ3v) is 2.87. The predicted octanol–water partition coefficient (Wildman–Crippen LogP) is 1.43. The lowest BCUT2D eigenvalue weighted by atomic mass is 10.4. The summed E-state index contributed by atoms with van der Waals surface area (Å²) in [6.07, 6.45) is 1.66. The molecule has 2 heterocycles. The quantitative estimate of drug-likeness (QED) is 0.838. The van der Waals surface area contributed by atoms with Gasteiger partial charge in [0.05, 0.1) is 18.4 Å². The molecule has 90 valence electrons. The molecule has 2 aromatic heterocycles. The molecule has 0 radical (unpaired) electrons. The van der Waals surface area contributed by atoms with Gasteiger partial charge in [-0.15, -0.1) is 11.3 Å². The standard InChI is InChI=1S/C10H11N3O3S/c1-6-2-12-8(16-6)4-11-3-7-5-17-9(13-7)10(14)15/h2,5,11H,3-4H2,1H3,(H,14,15). The van der Waals surface area contributed by atoms with Crippen LogP contribution in [0.15, 0.2) is 16.0 Å². The highest BCUT2D eigenvalue weighted by Crippen LogP contribution is 2.09. The minimum atomic E-state index is -0.996. The van der Waals surface area contributed by atoms with Crippen LogP contribution in [0.5, 0.6) is 0 Å². The van der Waals surface area contributed by atoms with Crippen molar-refractivity contribution < 1.29 is 14.3 Å². The van der Waals surface area contributed by atoms with Crippen LogP contribution in [0.4, 0.5) is 0 Å². The second-order valence-electron chi connectivity index (χ2n) is 3.42. The fraction of sp³-hybridized carbons (Fsp3) is 0.300. The Bertz CT molecular complexity index is 520. The number of aryl methyl sites for hydroxylation is 1. The first-order valence-electron chi connectivity index (χ1n) is 4.95. The monoisotopic (exact) mass is 253 g/mol. The predicted molar refractivity (Wildman–Crippen MR) is 60.9 cm³/mol. The van der Waals surface area contributed by atoms with E-state index in [4.69, 9.17) is 9.52 Å². The van der Waals surface area contributed by atoms with Crippen molar-refractivity contribution in [1.82, 2.24) is 15.3 Å². The molecule has 0 unspecified atom stereocenters. The van der Waals surface area contributed by atoms with Crippen molar-refractivity contribution in [2.75, 3.05) is 0 Å². The van der Waals surface area contributed by atoms with Gasteiger partial charge in [-0.2, -0.15) is 0 Å². The highest BCUT2D eigenvalue weighted by molar-refractivity contribution is 7.11. The van der Waals surface area contributed by atoms with E-state index in [1.54, 1.807) is 11.6 Å². The SMILES string of the molecule is Cc1cnc(CNCc2csc(C(=O)O)n2)o1. The molecule has 6 nitrogen and oxygen atoms in total. The number of carbonyl (C=O) groups is 1. The molecule has 0 aliphatic rings. The number of nitrogens with one attached hydrogen (secondary N) is 1. The van der Waals surface area contributed by atoms with Crippen LogP contribution in [0.2, 0.25) is 0 Å². The van der Waals surface area contributed by atoms with Crippen molar-refractivity contribution in [2.45, 2.75) is 20.0 Å². The molecule has 0 amide bonds. The largest absolute Gasteiger partial charge is 0.476 e. The fourth-order valence-electron chi connectivity index (χ4n) is 1.27. The number of carboxylic acid groups (broad SMARTS) is 1. The lowest BCUT2D eigenvalue weighted by Crippen LogP contribution is -2.13. The molecule has 0 spiro atoms. The van der Waals surface area contributed by atoms with Gasteiger partial charge in [0.25, 0.3) is 0 Å². The van der Waals surface area contributed by atoms with E-state index in [9.17, 15) is 4.79 Å². The molecular weight excluding hydrogens is 242 g/mol. The Kier molecular flexibility index (Phi) is 3.50. The summed E-state index contributed by atoms with van der Waals surface area (Å²) >= 11 is 1.12. The molecule has 2 aromatic rings. The van der Waals surface area contributed by atoms with Crippen molar-refractivity contribution in [3.05, 3.63) is 33.9 Å². The number of carboxylic acids is 1. The Morgan fingerprint density at radius 3 is 3.00 bits per heavy atom. The van der Waals surface area contributed by atoms with Crippen LogP contribution in [-0.2, 0) is 13.1 Å². The minimum absolute atomic E-state index is 0.105. The Labute approximate surface area is 101 Å². The van der Waals surface area contributed by atoms with E-state index >= 15 is 0 Å². The van der Waals surface area contributed by atoms with Crippen molar-refractivity contribution in [1.29, 1.82) is 0 Å². The van der Waals surface area contributed by atoms with E-state index in [0.29, 0.717) is 24.7 Å². The van der Waals surface area contributed by atoms with Crippen LogP contribution in [-0.4, -0.2) is 21.0 Å². The molecule has 7 heteroatoms. The Hall–Kier alpha value is -1.73. The zero-order valence-corrected chi connectivity index (χ0v) is 9.95. The van der Waals surface area contributed by atoms with Crippen molar-refractivity contribution in [3.8, 4) is 0 Å². The molecule has 0 atom stereocenters. The maximum Gasteiger partial charge on any atom is 0.365 e. The zero-order valence-electron chi connectivity index (χ0n) is 9.14. The average molecular weight is 253 g/mol. The normalized spacial score (nSPS) is 10.6. The van der Waals surface area contributed by atoms with Gasteiger partial charge >= 0.3 is 5.97 Å². The van der Waals surface area contributed by atoms with Gasteiger partial charge in [0.1, 0.15) is 5.76 Å². The summed E-state index contributed by atoms with van der Waals surface area (Å²) < 4.78 is 5.28. The van der Waals surface area contributed by atoms with Gasteiger partial charge in [0, 0.05) is 11.9 Å². The maximum absolute atomic E-state index is 10.6. The highest BCUT2D eigenvalue weighted by atomic mass is 32.1. The zero-order chi connectivity index (χ0) is 12.3. The van der Waals surface area contributed by atoms with Crippen LogP contribution < -0.4 is 5.32 Å². The first-order valence-corrected chi connectivity index (χ1v) is 5.83. The molecule has 17 heavy (non-hydrogen) atoms. The smallest absolute Gasteiger partial charge is 0.365 e. The lowest BCUT2D eigenvalue weighted by Gasteiger charge is -1.98. The third-order valence-electron chi connectivity index (χ3n) is 1.99. The Morgan fingerprint density at radius 1 is 1.59 bits per heavy atom. The summed E-state index contributed by atoms with van der Waals surface area (Å²) in [5.41, 5.74) is 0.704. The van der Waals surface area contributed by atoms with Crippen LogP contribution >= 0.6 is 11.3 Å². The van der Waals surface area contributed by atoms with Gasteiger partial charge in [0.15, 0.2) is 0 Å². The number of aromatic nitrogens is 2. The molecule has 2 N–H and O–H groups in total. The highest BCUT2D eigenvalue weighted by Gasteiger charge is 2.08. The number of nitrogens with zero attached hydrogens (tertiary/aromatic N) is 2. The van der Waals surface area contributed by atoms with Crippen molar-refractivity contribution in [3.63, 3.8) is 0 Å². The summed E-state index contributed by atoms with van der Waals surface area (Å²) in [5, 5.41) is 13.6. The molecule has 0 aromatic carbocycles. The van der Waals surface area contributed by atoms with E-state index < -0.39 is 5.97 Å². The van der Waals surface area contributed by atoms with E-state index in [0.717, 1.165) is 17.1 Å². The number of hydrogen-bond donors (Lipinski definition) is 2. The molecule has 2 rings (SSSR count). The first kappa shape index (κ1) is 11.7. The van der Waals surface area contributed by atoms with Crippen molar-refractivity contribution in [2.24, 2.45) is 0 Å². The van der Waals surface area contributed by atoms with Crippen LogP contribution in [0, 0.1) is 6.92 Å². The molecule has 0 fully saturated rings. The van der Waals surface area contributed by atoms with Crippen LogP contribution in [0.25, 0.3) is 0 Å². The topological polar surface area (TPSA) is 88.2 Å². The number of thiazole rings is 1. The first-order chi connectivity index (χ1) is 8.15. The van der Waals surface area contributed by atoms with E-state index in [-0.39, 0.29) is 5.01 Å². The van der Waals surface area contributed by atoms with Gasteiger partial charge < -0.3 is 14.8 Å². The molecule has 0 aliphatic carbocycles. The van der Waals surface area contributed by atoms with Crippen molar-refractivity contribution >= 4 is 17.3 Å². The number of rotatable bonds is 5.